The van der Waals surface area contributed by atoms with Crippen LogP contribution in [0, 0.1) is 0 Å². The van der Waals surface area contributed by atoms with E-state index in [1.54, 1.807) is 18.2 Å². The predicted octanol–water partition coefficient (Wildman–Crippen LogP) is 7.13. The third-order valence-electron chi connectivity index (χ3n) is 5.38. The summed E-state index contributed by atoms with van der Waals surface area (Å²) in [6.45, 7) is 0. The molecule has 1 aliphatic rings. The van der Waals surface area contributed by atoms with Crippen molar-refractivity contribution in [3.8, 4) is 0 Å². The summed E-state index contributed by atoms with van der Waals surface area (Å²) in [7, 11) is 0. The fourth-order valence-electron chi connectivity index (χ4n) is 4.03. The highest BCUT2D eigenvalue weighted by molar-refractivity contribution is 9.10. The van der Waals surface area contributed by atoms with E-state index in [4.69, 9.17) is 23.2 Å². The molecule has 0 N–H and O–H groups in total. The Hall–Kier alpha value is -1.46. The van der Waals surface area contributed by atoms with E-state index in [0.29, 0.717) is 21.2 Å². The van der Waals surface area contributed by atoms with Crippen molar-refractivity contribution < 1.29 is 9.59 Å². The first-order valence-electron chi connectivity index (χ1n) is 8.87. The molecule has 0 saturated heterocycles. The lowest BCUT2D eigenvalue weighted by Gasteiger charge is -2.30. The summed E-state index contributed by atoms with van der Waals surface area (Å²) in [5, 5.41) is 0.851. The predicted molar refractivity (Wildman–Crippen MR) is 123 cm³/mol. The third kappa shape index (κ3) is 3.61. The molecule has 146 valence electrons. The van der Waals surface area contributed by atoms with Crippen molar-refractivity contribution in [3.05, 3.63) is 102 Å². The van der Waals surface area contributed by atoms with Crippen LogP contribution in [0.5, 0.6) is 0 Å². The van der Waals surface area contributed by atoms with Gasteiger partial charge >= 0.3 is 0 Å². The third-order valence-corrected chi connectivity index (χ3v) is 6.98. The number of hydrogen-bond acceptors (Lipinski definition) is 2. The van der Waals surface area contributed by atoms with Crippen LogP contribution >= 0.6 is 55.1 Å². The van der Waals surface area contributed by atoms with Gasteiger partial charge in [0.15, 0.2) is 5.78 Å². The summed E-state index contributed by atoms with van der Waals surface area (Å²) < 4.78 is 1.78. The Labute approximate surface area is 195 Å². The molecule has 0 amide bonds. The van der Waals surface area contributed by atoms with E-state index in [0.717, 1.165) is 14.5 Å². The van der Waals surface area contributed by atoms with Crippen LogP contribution in [0.4, 0.5) is 0 Å². The van der Waals surface area contributed by atoms with Gasteiger partial charge in [0.25, 0.3) is 0 Å². The molecule has 1 aliphatic carbocycles. The van der Waals surface area contributed by atoms with E-state index in [9.17, 15) is 9.59 Å². The second-order valence-electron chi connectivity index (χ2n) is 7.03. The number of carbonyl (C=O) groups is 2. The number of carbonyl (C=O) groups excluding carboxylic acids is 2. The van der Waals surface area contributed by atoms with Crippen LogP contribution in [-0.4, -0.2) is 11.6 Å². The SMILES string of the molecule is O=C1CC(c2ccc(Br)cc2)(c2ccc(Cl)cc2Cl)C(=O)C1c1ccc(Br)cc1. The van der Waals surface area contributed by atoms with E-state index in [1.807, 2.05) is 48.5 Å². The lowest BCUT2D eigenvalue weighted by atomic mass is 9.71. The van der Waals surface area contributed by atoms with Gasteiger partial charge in [-0.3, -0.25) is 9.59 Å². The molecular formula is C23H14Br2Cl2O2. The standard InChI is InChI=1S/C23H14Br2Cl2O2/c24-15-5-1-13(2-6-15)21-20(28)12-23(22(21)29,14-3-7-16(25)8-4-14)18-10-9-17(26)11-19(18)27/h1-11,21H,12H2. The Bertz CT molecular complexity index is 1110. The summed E-state index contributed by atoms with van der Waals surface area (Å²) in [4.78, 5) is 27.1. The molecule has 1 fully saturated rings. The van der Waals surface area contributed by atoms with Crippen molar-refractivity contribution in [3.63, 3.8) is 0 Å². The number of rotatable bonds is 3. The lowest BCUT2D eigenvalue weighted by molar-refractivity contribution is -0.124. The van der Waals surface area contributed by atoms with Crippen LogP contribution in [0.2, 0.25) is 10.0 Å². The van der Waals surface area contributed by atoms with Gasteiger partial charge in [0.1, 0.15) is 11.7 Å². The molecule has 1 saturated carbocycles. The van der Waals surface area contributed by atoms with Gasteiger partial charge in [-0.2, -0.15) is 0 Å². The van der Waals surface area contributed by atoms with Gasteiger partial charge in [0, 0.05) is 25.4 Å². The van der Waals surface area contributed by atoms with Gasteiger partial charge in [-0.15, -0.1) is 0 Å². The Morgan fingerprint density at radius 2 is 1.41 bits per heavy atom. The second-order valence-corrected chi connectivity index (χ2v) is 9.70. The average molecular weight is 553 g/mol. The number of ketones is 2. The Morgan fingerprint density at radius 1 is 0.828 bits per heavy atom. The topological polar surface area (TPSA) is 34.1 Å². The molecule has 0 bridgehead atoms. The van der Waals surface area contributed by atoms with Gasteiger partial charge in [0.2, 0.25) is 0 Å². The Balaban J connectivity index is 1.94. The molecule has 2 atom stereocenters. The van der Waals surface area contributed by atoms with Crippen molar-refractivity contribution in [2.45, 2.75) is 17.8 Å². The molecule has 6 heteroatoms. The van der Waals surface area contributed by atoms with Crippen LogP contribution in [0.3, 0.4) is 0 Å². The molecule has 29 heavy (non-hydrogen) atoms. The fourth-order valence-corrected chi connectivity index (χ4v) is 5.13. The van der Waals surface area contributed by atoms with E-state index < -0.39 is 11.3 Å². The first-order valence-corrected chi connectivity index (χ1v) is 11.2. The van der Waals surface area contributed by atoms with E-state index in [1.165, 1.54) is 0 Å². The number of hydrogen-bond donors (Lipinski definition) is 0. The minimum Gasteiger partial charge on any atom is -0.298 e. The van der Waals surface area contributed by atoms with Crippen LogP contribution in [0.25, 0.3) is 0 Å². The summed E-state index contributed by atoms with van der Waals surface area (Å²) in [5.41, 5.74) is 0.871. The lowest BCUT2D eigenvalue weighted by Crippen LogP contribution is -2.34. The maximum absolute atomic E-state index is 13.9. The summed E-state index contributed by atoms with van der Waals surface area (Å²) in [5.74, 6) is -1.12. The van der Waals surface area contributed by atoms with Gasteiger partial charge in [-0.25, -0.2) is 0 Å². The van der Waals surface area contributed by atoms with Crippen molar-refractivity contribution >= 4 is 66.6 Å². The molecule has 3 aromatic rings. The Morgan fingerprint density at radius 3 is 2.00 bits per heavy atom. The van der Waals surface area contributed by atoms with Crippen LogP contribution in [0.15, 0.2) is 75.7 Å². The minimum atomic E-state index is -1.16. The zero-order valence-electron chi connectivity index (χ0n) is 15.0. The molecule has 4 rings (SSSR count). The highest BCUT2D eigenvalue weighted by atomic mass is 79.9. The highest BCUT2D eigenvalue weighted by Crippen LogP contribution is 2.50. The molecule has 2 unspecified atom stereocenters. The molecular weight excluding hydrogens is 539 g/mol. The largest absolute Gasteiger partial charge is 0.298 e. The zero-order valence-corrected chi connectivity index (χ0v) is 19.6. The Kier molecular flexibility index (Phi) is 5.73. The quantitative estimate of drug-likeness (QED) is 0.324. The number of halogens is 4. The average Bonchev–Trinajstić information content (AvgIpc) is 2.94. The number of benzene rings is 3. The van der Waals surface area contributed by atoms with E-state index in [2.05, 4.69) is 31.9 Å². The molecule has 0 aromatic heterocycles. The summed E-state index contributed by atoms with van der Waals surface area (Å²) in [6, 6.07) is 19.8. The fraction of sp³-hybridized carbons (Fsp3) is 0.130. The maximum Gasteiger partial charge on any atom is 0.163 e. The summed E-state index contributed by atoms with van der Waals surface area (Å²) >= 11 is 19.5. The number of Topliss-reactive ketones (excluding diaryl/α,β-unsaturated/α-hetero) is 2. The smallest absolute Gasteiger partial charge is 0.163 e. The van der Waals surface area contributed by atoms with Crippen LogP contribution in [0.1, 0.15) is 29.0 Å². The van der Waals surface area contributed by atoms with Crippen molar-refractivity contribution in [2.24, 2.45) is 0 Å². The summed E-state index contributed by atoms with van der Waals surface area (Å²) in [6.07, 6.45) is 0.0511. The normalized spacial score (nSPS) is 21.6. The molecule has 3 aromatic carbocycles. The highest BCUT2D eigenvalue weighted by Gasteiger charge is 2.55. The zero-order chi connectivity index (χ0) is 20.8. The van der Waals surface area contributed by atoms with E-state index in [-0.39, 0.29) is 18.0 Å². The second kappa shape index (κ2) is 7.99. The van der Waals surface area contributed by atoms with Gasteiger partial charge in [-0.1, -0.05) is 85.4 Å². The van der Waals surface area contributed by atoms with E-state index >= 15 is 0 Å². The van der Waals surface area contributed by atoms with Gasteiger partial charge < -0.3 is 0 Å². The minimum absolute atomic E-state index is 0.0511. The van der Waals surface area contributed by atoms with Crippen LogP contribution in [-0.2, 0) is 15.0 Å². The molecule has 0 radical (unpaired) electrons. The van der Waals surface area contributed by atoms with Gasteiger partial charge in [0.05, 0.1) is 5.41 Å². The first-order chi connectivity index (χ1) is 13.8. The first kappa shape index (κ1) is 20.8. The molecule has 0 heterocycles. The molecule has 2 nitrogen and oxygen atoms in total. The molecule has 0 spiro atoms. The van der Waals surface area contributed by atoms with Crippen molar-refractivity contribution in [1.29, 1.82) is 0 Å². The van der Waals surface area contributed by atoms with Gasteiger partial charge in [-0.05, 0) is 53.1 Å². The van der Waals surface area contributed by atoms with Crippen molar-refractivity contribution in [1.82, 2.24) is 0 Å². The van der Waals surface area contributed by atoms with Crippen molar-refractivity contribution in [2.75, 3.05) is 0 Å². The van der Waals surface area contributed by atoms with Crippen LogP contribution < -0.4 is 0 Å². The molecule has 0 aliphatic heterocycles. The monoisotopic (exact) mass is 550 g/mol. The maximum atomic E-state index is 13.9.